The summed E-state index contributed by atoms with van der Waals surface area (Å²) in [5.74, 6) is -3.07. The Hall–Kier alpha value is -1.61. The monoisotopic (exact) mass is 462 g/mol. The number of ketones is 2. The Morgan fingerprint density at radius 3 is 2.64 bits per heavy atom. The highest BCUT2D eigenvalue weighted by Gasteiger charge is 2.77. The number of carboxylic acids is 1. The van der Waals surface area contributed by atoms with Crippen molar-refractivity contribution in [3.05, 3.63) is 11.6 Å². The zero-order valence-corrected chi connectivity index (χ0v) is 19.5. The predicted molar refractivity (Wildman–Crippen MR) is 115 cm³/mol. The van der Waals surface area contributed by atoms with E-state index in [4.69, 9.17) is 9.47 Å². The maximum Gasteiger partial charge on any atom is 0.375 e. The summed E-state index contributed by atoms with van der Waals surface area (Å²) >= 11 is 0. The van der Waals surface area contributed by atoms with Gasteiger partial charge in [-0.2, -0.15) is 0 Å². The first-order valence-electron chi connectivity index (χ1n) is 12.2. The number of rotatable bonds is 4. The number of carboxylic acid groups (broad SMARTS) is 1. The standard InChI is InChI=1S/C25H34O8/c1-4-5-19-32-18-10-15-14-7-6-12-8-13(26)9-17(28)24(12,3)20(14)16(27)11-23(15,2)25(18,33-19)21(29)22(30)31/h8,14-20,27-28H,4-7,9-11H2,1-3H3,(H,30,31)/t14-,15-,16-,17?,18+,19?,20+,23-,24+,25-/m0/s1. The van der Waals surface area contributed by atoms with Gasteiger partial charge in [0, 0.05) is 17.3 Å². The van der Waals surface area contributed by atoms with Crippen LogP contribution in [0.3, 0.4) is 0 Å². The fourth-order valence-corrected chi connectivity index (χ4v) is 8.46. The van der Waals surface area contributed by atoms with Crippen LogP contribution in [-0.2, 0) is 23.9 Å². The van der Waals surface area contributed by atoms with E-state index in [1.54, 1.807) is 6.08 Å². The van der Waals surface area contributed by atoms with Crippen molar-refractivity contribution < 1.29 is 39.2 Å². The van der Waals surface area contributed by atoms with E-state index in [1.807, 2.05) is 20.8 Å². The Labute approximate surface area is 193 Å². The second-order valence-electron chi connectivity index (χ2n) is 11.2. The minimum absolute atomic E-state index is 0.0346. The number of aliphatic hydroxyl groups is 2. The molecule has 0 aromatic rings. The summed E-state index contributed by atoms with van der Waals surface area (Å²) in [5.41, 5.74) is -2.39. The van der Waals surface area contributed by atoms with Gasteiger partial charge >= 0.3 is 5.97 Å². The molecule has 0 spiro atoms. The van der Waals surface area contributed by atoms with Crippen molar-refractivity contribution in [3.63, 3.8) is 0 Å². The highest BCUT2D eigenvalue weighted by molar-refractivity contribution is 6.36. The van der Waals surface area contributed by atoms with E-state index < -0.39 is 52.8 Å². The Kier molecular flexibility index (Phi) is 5.22. The fraction of sp³-hybridized carbons (Fsp3) is 0.800. The predicted octanol–water partition coefficient (Wildman–Crippen LogP) is 2.00. The molecule has 5 rings (SSSR count). The summed E-state index contributed by atoms with van der Waals surface area (Å²) in [6.45, 7) is 5.79. The summed E-state index contributed by atoms with van der Waals surface area (Å²) in [6, 6.07) is 0. The average Bonchev–Trinajstić information content (AvgIpc) is 3.20. The van der Waals surface area contributed by atoms with E-state index in [2.05, 4.69) is 0 Å². The van der Waals surface area contributed by atoms with Gasteiger partial charge in [-0.05, 0) is 55.9 Å². The molecule has 0 amide bonds. The van der Waals surface area contributed by atoms with Crippen molar-refractivity contribution in [1.29, 1.82) is 0 Å². The van der Waals surface area contributed by atoms with E-state index in [1.165, 1.54) is 0 Å². The molecule has 4 fully saturated rings. The normalized spacial score (nSPS) is 50.6. The third-order valence-electron chi connectivity index (χ3n) is 9.86. The van der Waals surface area contributed by atoms with Crippen molar-refractivity contribution in [2.75, 3.05) is 0 Å². The van der Waals surface area contributed by atoms with Crippen LogP contribution in [0.1, 0.15) is 65.7 Å². The number of Topliss-reactive ketones (excluding diaryl/α,β-unsaturated/α-hetero) is 1. The van der Waals surface area contributed by atoms with Crippen LogP contribution in [0.15, 0.2) is 11.6 Å². The number of fused-ring (bicyclic) bond motifs is 7. The lowest BCUT2D eigenvalue weighted by Gasteiger charge is -2.61. The summed E-state index contributed by atoms with van der Waals surface area (Å²) in [5, 5.41) is 32.3. The van der Waals surface area contributed by atoms with Gasteiger partial charge in [-0.25, -0.2) is 4.79 Å². The van der Waals surface area contributed by atoms with Gasteiger partial charge in [0.15, 0.2) is 17.7 Å². The molecule has 33 heavy (non-hydrogen) atoms. The summed E-state index contributed by atoms with van der Waals surface area (Å²) in [6.07, 6.45) is 1.93. The molecule has 5 aliphatic rings. The van der Waals surface area contributed by atoms with Gasteiger partial charge in [-0.1, -0.05) is 32.8 Å². The molecule has 0 aromatic carbocycles. The van der Waals surface area contributed by atoms with Gasteiger partial charge in [0.1, 0.15) is 0 Å². The zero-order chi connectivity index (χ0) is 23.9. The SMILES string of the molecule is CCCC1O[C@@H]2C[C@H]3[C@@H]4CCC5=CC(=O)CC(O)[C@]5(C)[C@H]4[C@@H](O)C[C@]3(C)[C@]2(C(=O)C(=O)O)O1. The number of carbonyl (C=O) groups excluding carboxylic acids is 2. The second-order valence-corrected chi connectivity index (χ2v) is 11.2. The van der Waals surface area contributed by atoms with E-state index >= 15 is 0 Å². The van der Waals surface area contributed by atoms with Crippen LogP contribution in [0.5, 0.6) is 0 Å². The van der Waals surface area contributed by atoms with Crippen LogP contribution < -0.4 is 0 Å². The van der Waals surface area contributed by atoms with Crippen LogP contribution in [0.4, 0.5) is 0 Å². The number of aliphatic carboxylic acids is 1. The van der Waals surface area contributed by atoms with Crippen molar-refractivity contribution in [1.82, 2.24) is 0 Å². The van der Waals surface area contributed by atoms with Gasteiger partial charge in [0.05, 0.1) is 18.3 Å². The molecule has 1 aliphatic heterocycles. The molecule has 1 saturated heterocycles. The number of carbonyl (C=O) groups is 3. The number of hydrogen-bond donors (Lipinski definition) is 3. The van der Waals surface area contributed by atoms with Crippen LogP contribution in [0.25, 0.3) is 0 Å². The van der Waals surface area contributed by atoms with Gasteiger partial charge in [0.25, 0.3) is 5.78 Å². The smallest absolute Gasteiger partial charge is 0.375 e. The molecule has 3 N–H and O–H groups in total. The summed E-state index contributed by atoms with van der Waals surface area (Å²) in [4.78, 5) is 37.3. The largest absolute Gasteiger partial charge is 0.475 e. The Balaban J connectivity index is 1.58. The van der Waals surface area contributed by atoms with E-state index in [-0.39, 0.29) is 36.4 Å². The molecule has 0 radical (unpaired) electrons. The average molecular weight is 463 g/mol. The lowest BCUT2D eigenvalue weighted by Crippen LogP contribution is -2.65. The Morgan fingerprint density at radius 2 is 1.97 bits per heavy atom. The highest BCUT2D eigenvalue weighted by Crippen LogP contribution is 2.70. The Morgan fingerprint density at radius 1 is 1.24 bits per heavy atom. The van der Waals surface area contributed by atoms with Gasteiger partial charge in [0.2, 0.25) is 0 Å². The first-order valence-corrected chi connectivity index (χ1v) is 12.2. The molecule has 0 bridgehead atoms. The van der Waals surface area contributed by atoms with E-state index in [9.17, 15) is 29.7 Å². The molecule has 8 nitrogen and oxygen atoms in total. The number of hydrogen-bond acceptors (Lipinski definition) is 7. The highest BCUT2D eigenvalue weighted by atomic mass is 16.7. The molecule has 10 atom stereocenters. The fourth-order valence-electron chi connectivity index (χ4n) is 8.46. The number of aliphatic hydroxyl groups excluding tert-OH is 2. The Bertz CT molecular complexity index is 927. The first kappa shape index (κ1) is 23.1. The van der Waals surface area contributed by atoms with E-state index in [0.29, 0.717) is 25.7 Å². The molecular formula is C25H34O8. The molecule has 182 valence electrons. The van der Waals surface area contributed by atoms with E-state index in [0.717, 1.165) is 12.0 Å². The molecule has 1 heterocycles. The first-order chi connectivity index (χ1) is 15.5. The zero-order valence-electron chi connectivity index (χ0n) is 19.5. The van der Waals surface area contributed by atoms with Crippen LogP contribution in [0, 0.1) is 28.6 Å². The molecule has 0 aromatic heterocycles. The van der Waals surface area contributed by atoms with Gasteiger partial charge in [-0.15, -0.1) is 0 Å². The molecular weight excluding hydrogens is 428 g/mol. The van der Waals surface area contributed by atoms with Crippen LogP contribution in [0.2, 0.25) is 0 Å². The molecule has 3 saturated carbocycles. The van der Waals surface area contributed by atoms with Crippen molar-refractivity contribution >= 4 is 17.5 Å². The topological polar surface area (TPSA) is 130 Å². The van der Waals surface area contributed by atoms with Crippen LogP contribution >= 0.6 is 0 Å². The molecule has 4 aliphatic carbocycles. The summed E-state index contributed by atoms with van der Waals surface area (Å²) in [7, 11) is 0. The third kappa shape index (κ3) is 2.81. The minimum Gasteiger partial charge on any atom is -0.475 e. The molecule has 2 unspecified atom stereocenters. The lowest BCUT2D eigenvalue weighted by atomic mass is 9.44. The second kappa shape index (κ2) is 7.44. The lowest BCUT2D eigenvalue weighted by molar-refractivity contribution is -0.210. The maximum atomic E-state index is 13.2. The van der Waals surface area contributed by atoms with Crippen molar-refractivity contribution in [2.24, 2.45) is 28.6 Å². The van der Waals surface area contributed by atoms with Crippen molar-refractivity contribution in [3.8, 4) is 0 Å². The van der Waals surface area contributed by atoms with Gasteiger partial charge in [-0.3, -0.25) is 9.59 Å². The van der Waals surface area contributed by atoms with Crippen molar-refractivity contribution in [2.45, 2.75) is 95.9 Å². The van der Waals surface area contributed by atoms with Gasteiger partial charge < -0.3 is 24.8 Å². The number of ether oxygens (including phenoxy) is 2. The summed E-state index contributed by atoms with van der Waals surface area (Å²) < 4.78 is 12.4. The molecule has 8 heteroatoms. The minimum atomic E-state index is -1.63. The quantitative estimate of drug-likeness (QED) is 0.541. The third-order valence-corrected chi connectivity index (χ3v) is 9.86. The van der Waals surface area contributed by atoms with Crippen LogP contribution in [-0.4, -0.2) is 63.1 Å². The maximum absolute atomic E-state index is 13.2.